The number of fused-ring (bicyclic) bond motifs is 1. The molecule has 1 nitrogen and oxygen atoms in total. The van der Waals surface area contributed by atoms with E-state index in [-0.39, 0.29) is 5.82 Å². The molecule has 0 aliphatic rings. The molecule has 90 valence electrons. The number of hydrogen-bond donors (Lipinski definition) is 0. The fraction of sp³-hybridized carbons (Fsp3) is 0.0714. The van der Waals surface area contributed by atoms with Gasteiger partial charge in [-0.25, -0.2) is 9.37 Å². The average Bonchev–Trinajstić information content (AvgIpc) is 2.71. The molecule has 0 N–H and O–H groups in total. The molecule has 1 aromatic heterocycles. The van der Waals surface area contributed by atoms with E-state index in [0.29, 0.717) is 0 Å². The van der Waals surface area contributed by atoms with Crippen LogP contribution in [0.2, 0.25) is 0 Å². The van der Waals surface area contributed by atoms with Crippen LogP contribution in [0.4, 0.5) is 4.39 Å². The van der Waals surface area contributed by atoms with Crippen molar-refractivity contribution in [3.05, 3.63) is 52.3 Å². The maximum Gasteiger partial charge on any atom is 0.126 e. The summed E-state index contributed by atoms with van der Waals surface area (Å²) in [6.07, 6.45) is 0. The zero-order valence-corrected chi connectivity index (χ0v) is 12.0. The van der Waals surface area contributed by atoms with E-state index < -0.39 is 0 Å². The van der Waals surface area contributed by atoms with Crippen LogP contribution >= 0.6 is 27.3 Å². The molecular weight excluding hydrogens is 313 g/mol. The fourth-order valence-corrected chi connectivity index (χ4v) is 3.81. The summed E-state index contributed by atoms with van der Waals surface area (Å²) in [5, 5.41) is 0.917. The van der Waals surface area contributed by atoms with Gasteiger partial charge < -0.3 is 0 Å². The predicted octanol–water partition coefficient (Wildman–Crippen LogP) is 5.17. The van der Waals surface area contributed by atoms with Gasteiger partial charge in [-0.15, -0.1) is 11.3 Å². The number of rotatable bonds is 1. The van der Waals surface area contributed by atoms with Gasteiger partial charge >= 0.3 is 0 Å². The van der Waals surface area contributed by atoms with Gasteiger partial charge in [-0.05, 0) is 36.8 Å². The number of nitrogens with zero attached hydrogens (tertiary/aromatic N) is 1. The number of aryl methyl sites for hydroxylation is 1. The first-order valence-electron chi connectivity index (χ1n) is 5.47. The van der Waals surface area contributed by atoms with Gasteiger partial charge in [0.25, 0.3) is 0 Å². The van der Waals surface area contributed by atoms with Crippen LogP contribution in [-0.2, 0) is 0 Å². The topological polar surface area (TPSA) is 12.9 Å². The maximum absolute atomic E-state index is 13.2. The Morgan fingerprint density at radius 2 is 2.06 bits per heavy atom. The molecule has 0 radical (unpaired) electrons. The van der Waals surface area contributed by atoms with Crippen molar-refractivity contribution in [2.24, 2.45) is 0 Å². The minimum Gasteiger partial charge on any atom is -0.236 e. The second-order valence-corrected chi connectivity index (χ2v) is 5.95. The Morgan fingerprint density at radius 1 is 1.22 bits per heavy atom. The summed E-state index contributed by atoms with van der Waals surface area (Å²) < 4.78 is 15.1. The smallest absolute Gasteiger partial charge is 0.126 e. The molecule has 0 saturated carbocycles. The molecule has 18 heavy (non-hydrogen) atoms. The molecule has 0 amide bonds. The van der Waals surface area contributed by atoms with Crippen molar-refractivity contribution in [3.8, 4) is 10.6 Å². The van der Waals surface area contributed by atoms with Gasteiger partial charge in [0, 0.05) is 10.0 Å². The fourth-order valence-electron chi connectivity index (χ4n) is 1.91. The standard InChI is InChI=1S/C14H9BrFNS/c1-8-3-2-4-10(15)13(8)14-17-11-6-5-9(16)7-12(11)18-14/h2-7H,1H3. The van der Waals surface area contributed by atoms with Crippen LogP contribution in [0.15, 0.2) is 40.9 Å². The maximum atomic E-state index is 13.2. The first kappa shape index (κ1) is 11.8. The van der Waals surface area contributed by atoms with Crippen LogP contribution in [0.1, 0.15) is 5.56 Å². The van der Waals surface area contributed by atoms with E-state index in [0.717, 1.165) is 30.8 Å². The Bertz CT molecular complexity index is 715. The summed E-state index contributed by atoms with van der Waals surface area (Å²) in [6.45, 7) is 2.05. The number of hydrogen-bond acceptors (Lipinski definition) is 2. The Kier molecular flexibility index (Phi) is 2.92. The first-order valence-corrected chi connectivity index (χ1v) is 7.07. The first-order chi connectivity index (χ1) is 8.65. The third kappa shape index (κ3) is 1.95. The zero-order valence-electron chi connectivity index (χ0n) is 9.58. The lowest BCUT2D eigenvalue weighted by molar-refractivity contribution is 0.630. The summed E-state index contributed by atoms with van der Waals surface area (Å²) in [5.74, 6) is -0.221. The van der Waals surface area contributed by atoms with Crippen LogP contribution in [0.5, 0.6) is 0 Å². The number of aromatic nitrogens is 1. The molecule has 0 fully saturated rings. The minimum absolute atomic E-state index is 0.221. The van der Waals surface area contributed by atoms with Gasteiger partial charge in [-0.3, -0.25) is 0 Å². The Morgan fingerprint density at radius 3 is 2.83 bits per heavy atom. The van der Waals surface area contributed by atoms with Gasteiger partial charge in [0.05, 0.1) is 10.2 Å². The van der Waals surface area contributed by atoms with Crippen molar-refractivity contribution in [2.75, 3.05) is 0 Å². The molecule has 2 aromatic carbocycles. The molecule has 4 heteroatoms. The highest BCUT2D eigenvalue weighted by molar-refractivity contribution is 9.10. The second-order valence-electron chi connectivity index (χ2n) is 4.06. The van der Waals surface area contributed by atoms with Gasteiger partial charge in [-0.1, -0.05) is 28.1 Å². The Balaban J connectivity index is 2.26. The van der Waals surface area contributed by atoms with Crippen molar-refractivity contribution in [2.45, 2.75) is 6.92 Å². The largest absolute Gasteiger partial charge is 0.236 e. The quantitative estimate of drug-likeness (QED) is 0.602. The van der Waals surface area contributed by atoms with E-state index in [1.165, 1.54) is 23.5 Å². The Labute approximate surface area is 116 Å². The third-order valence-electron chi connectivity index (χ3n) is 2.79. The molecule has 0 atom stereocenters. The van der Waals surface area contributed by atoms with E-state index in [1.807, 2.05) is 25.1 Å². The molecule has 0 aliphatic heterocycles. The minimum atomic E-state index is -0.221. The van der Waals surface area contributed by atoms with E-state index in [9.17, 15) is 4.39 Å². The van der Waals surface area contributed by atoms with Crippen molar-refractivity contribution in [3.63, 3.8) is 0 Å². The number of benzene rings is 2. The van der Waals surface area contributed by atoms with Gasteiger partial charge in [0.1, 0.15) is 10.8 Å². The van der Waals surface area contributed by atoms with Crippen LogP contribution in [0.3, 0.4) is 0 Å². The van der Waals surface area contributed by atoms with Crippen LogP contribution in [0, 0.1) is 12.7 Å². The third-order valence-corrected chi connectivity index (χ3v) is 4.48. The average molecular weight is 322 g/mol. The predicted molar refractivity (Wildman–Crippen MR) is 77.5 cm³/mol. The molecular formula is C14H9BrFNS. The highest BCUT2D eigenvalue weighted by Crippen LogP contribution is 2.36. The van der Waals surface area contributed by atoms with Gasteiger partial charge in [0.15, 0.2) is 0 Å². The summed E-state index contributed by atoms with van der Waals surface area (Å²) in [6, 6.07) is 10.7. The Hall–Kier alpha value is -1.26. The van der Waals surface area contributed by atoms with Crippen molar-refractivity contribution < 1.29 is 4.39 Å². The number of halogens is 2. The molecule has 0 bridgehead atoms. The van der Waals surface area contributed by atoms with Crippen molar-refractivity contribution >= 4 is 37.5 Å². The van der Waals surface area contributed by atoms with Crippen LogP contribution in [-0.4, -0.2) is 4.98 Å². The zero-order chi connectivity index (χ0) is 12.7. The van der Waals surface area contributed by atoms with E-state index in [1.54, 1.807) is 6.07 Å². The number of thiazole rings is 1. The molecule has 0 aliphatic carbocycles. The molecule has 3 rings (SSSR count). The van der Waals surface area contributed by atoms with Crippen molar-refractivity contribution in [1.29, 1.82) is 0 Å². The molecule has 1 heterocycles. The van der Waals surface area contributed by atoms with E-state index in [2.05, 4.69) is 20.9 Å². The second kappa shape index (κ2) is 4.44. The lowest BCUT2D eigenvalue weighted by Gasteiger charge is -2.03. The van der Waals surface area contributed by atoms with Gasteiger partial charge in [0.2, 0.25) is 0 Å². The van der Waals surface area contributed by atoms with Gasteiger partial charge in [-0.2, -0.15) is 0 Å². The summed E-state index contributed by atoms with van der Waals surface area (Å²) in [7, 11) is 0. The summed E-state index contributed by atoms with van der Waals surface area (Å²) in [5.41, 5.74) is 3.08. The lowest BCUT2D eigenvalue weighted by Crippen LogP contribution is -1.83. The lowest BCUT2D eigenvalue weighted by atomic mass is 10.1. The van der Waals surface area contributed by atoms with E-state index >= 15 is 0 Å². The van der Waals surface area contributed by atoms with E-state index in [4.69, 9.17) is 0 Å². The summed E-state index contributed by atoms with van der Waals surface area (Å²) >= 11 is 5.06. The SMILES string of the molecule is Cc1cccc(Br)c1-c1nc2ccc(F)cc2s1. The normalized spacial score (nSPS) is 11.1. The molecule has 3 aromatic rings. The highest BCUT2D eigenvalue weighted by atomic mass is 79.9. The molecule has 0 unspecified atom stereocenters. The van der Waals surface area contributed by atoms with Crippen LogP contribution < -0.4 is 0 Å². The van der Waals surface area contributed by atoms with Crippen molar-refractivity contribution in [1.82, 2.24) is 4.98 Å². The monoisotopic (exact) mass is 321 g/mol. The highest BCUT2D eigenvalue weighted by Gasteiger charge is 2.12. The summed E-state index contributed by atoms with van der Waals surface area (Å²) in [4.78, 5) is 4.57. The van der Waals surface area contributed by atoms with Crippen LogP contribution in [0.25, 0.3) is 20.8 Å². The molecule has 0 spiro atoms. The molecule has 0 saturated heterocycles.